The van der Waals surface area contributed by atoms with Crippen LogP contribution in [-0.4, -0.2) is 29.7 Å². The van der Waals surface area contributed by atoms with Gasteiger partial charge in [0.25, 0.3) is 0 Å². The maximum Gasteiger partial charge on any atom is 0.417 e. The van der Waals surface area contributed by atoms with Crippen LogP contribution in [0, 0.1) is 5.92 Å². The third-order valence-electron chi connectivity index (χ3n) is 3.43. The van der Waals surface area contributed by atoms with Gasteiger partial charge in [0.05, 0.1) is 0 Å². The molecule has 120 valence electrons. The van der Waals surface area contributed by atoms with E-state index in [0.29, 0.717) is 5.56 Å². The summed E-state index contributed by atoms with van der Waals surface area (Å²) in [7, 11) is 0. The van der Waals surface area contributed by atoms with E-state index >= 15 is 0 Å². The van der Waals surface area contributed by atoms with Gasteiger partial charge in [-0.15, -0.1) is 0 Å². The molecule has 2 atom stereocenters. The van der Waals surface area contributed by atoms with Gasteiger partial charge in [0.15, 0.2) is 0 Å². The molecule has 0 spiro atoms. The molecular weight excluding hydrogens is 299 g/mol. The predicted octanol–water partition coefficient (Wildman–Crippen LogP) is 3.69. The first-order valence-electron chi connectivity index (χ1n) is 6.88. The molecule has 1 aliphatic rings. The Balaban J connectivity index is 2.08. The van der Waals surface area contributed by atoms with E-state index in [-0.39, 0.29) is 13.0 Å². The lowest BCUT2D eigenvalue weighted by Gasteiger charge is -2.22. The summed E-state index contributed by atoms with van der Waals surface area (Å²) >= 11 is 0. The normalized spacial score (nSPS) is 19.9. The third-order valence-corrected chi connectivity index (χ3v) is 3.43. The SMILES string of the molecule is CC(CC(=O)N1C(=O)OCC1c1ccccc1)CC(F)(F)F. The molecule has 22 heavy (non-hydrogen) atoms. The number of amides is 2. The van der Waals surface area contributed by atoms with E-state index in [4.69, 9.17) is 4.74 Å². The Kier molecular flexibility index (Phi) is 4.73. The minimum atomic E-state index is -4.33. The van der Waals surface area contributed by atoms with Crippen LogP contribution in [0.25, 0.3) is 0 Å². The van der Waals surface area contributed by atoms with Crippen LogP contribution in [0.4, 0.5) is 18.0 Å². The van der Waals surface area contributed by atoms with E-state index in [9.17, 15) is 22.8 Å². The fourth-order valence-corrected chi connectivity index (χ4v) is 2.48. The number of alkyl halides is 3. The molecule has 4 nitrogen and oxygen atoms in total. The molecular formula is C15H16F3NO3. The van der Waals surface area contributed by atoms with E-state index in [1.165, 1.54) is 6.92 Å². The lowest BCUT2D eigenvalue weighted by atomic mass is 10.0. The fourth-order valence-electron chi connectivity index (χ4n) is 2.48. The van der Waals surface area contributed by atoms with Crippen molar-refractivity contribution < 1.29 is 27.5 Å². The van der Waals surface area contributed by atoms with Crippen LogP contribution < -0.4 is 0 Å². The molecule has 1 aromatic carbocycles. The smallest absolute Gasteiger partial charge is 0.417 e. The number of cyclic esters (lactones) is 1. The van der Waals surface area contributed by atoms with Crippen molar-refractivity contribution in [1.82, 2.24) is 4.90 Å². The molecule has 2 rings (SSSR count). The molecule has 2 unspecified atom stereocenters. The van der Waals surface area contributed by atoms with Crippen molar-refractivity contribution in [2.75, 3.05) is 6.61 Å². The number of rotatable bonds is 4. The Hall–Kier alpha value is -2.05. The van der Waals surface area contributed by atoms with Gasteiger partial charge in [-0.25, -0.2) is 9.69 Å². The summed E-state index contributed by atoms with van der Waals surface area (Å²) in [5, 5.41) is 0. The van der Waals surface area contributed by atoms with Crippen LogP contribution in [0.1, 0.15) is 31.4 Å². The van der Waals surface area contributed by atoms with E-state index in [1.54, 1.807) is 30.3 Å². The molecule has 1 aromatic rings. The number of hydrogen-bond donors (Lipinski definition) is 0. The van der Waals surface area contributed by atoms with Crippen molar-refractivity contribution >= 4 is 12.0 Å². The van der Waals surface area contributed by atoms with Gasteiger partial charge in [0.1, 0.15) is 12.6 Å². The Morgan fingerprint density at radius 2 is 2.00 bits per heavy atom. The summed E-state index contributed by atoms with van der Waals surface area (Å²) in [4.78, 5) is 24.8. The second-order valence-electron chi connectivity index (χ2n) is 5.40. The average molecular weight is 315 g/mol. The minimum absolute atomic E-state index is 0.0161. The first-order chi connectivity index (χ1) is 10.3. The van der Waals surface area contributed by atoms with E-state index in [2.05, 4.69) is 0 Å². The number of benzene rings is 1. The number of nitrogens with zero attached hydrogens (tertiary/aromatic N) is 1. The molecule has 1 aliphatic heterocycles. The van der Waals surface area contributed by atoms with Gasteiger partial charge in [-0.05, 0) is 11.5 Å². The molecule has 1 saturated heterocycles. The molecule has 0 N–H and O–H groups in total. The quantitative estimate of drug-likeness (QED) is 0.851. The standard InChI is InChI=1S/C15H16F3NO3/c1-10(8-15(16,17)18)7-13(20)19-12(9-22-14(19)21)11-5-3-2-4-6-11/h2-6,10,12H,7-9H2,1H3. The van der Waals surface area contributed by atoms with Crippen molar-refractivity contribution in [2.24, 2.45) is 5.92 Å². The molecule has 7 heteroatoms. The molecule has 0 aromatic heterocycles. The van der Waals surface area contributed by atoms with Crippen molar-refractivity contribution in [1.29, 1.82) is 0 Å². The minimum Gasteiger partial charge on any atom is -0.446 e. The van der Waals surface area contributed by atoms with Crippen molar-refractivity contribution in [3.05, 3.63) is 35.9 Å². The zero-order valence-electron chi connectivity index (χ0n) is 12.0. The van der Waals surface area contributed by atoms with Crippen LogP contribution >= 0.6 is 0 Å². The first kappa shape index (κ1) is 16.3. The molecule has 1 fully saturated rings. The van der Waals surface area contributed by atoms with Gasteiger partial charge in [0, 0.05) is 12.8 Å². The molecule has 1 heterocycles. The number of halogens is 3. The molecule has 2 amide bonds. The summed E-state index contributed by atoms with van der Waals surface area (Å²) in [6, 6.07) is 8.20. The zero-order chi connectivity index (χ0) is 16.3. The summed E-state index contributed by atoms with van der Waals surface area (Å²) in [5.74, 6) is -1.54. The van der Waals surface area contributed by atoms with Gasteiger partial charge < -0.3 is 4.74 Å². The molecule has 0 bridgehead atoms. The second-order valence-corrected chi connectivity index (χ2v) is 5.40. The summed E-state index contributed by atoms with van der Waals surface area (Å²) in [6.45, 7) is 1.35. The number of carbonyl (C=O) groups excluding carboxylic acids is 2. The Bertz CT molecular complexity index is 545. The predicted molar refractivity (Wildman–Crippen MR) is 71.8 cm³/mol. The largest absolute Gasteiger partial charge is 0.446 e. The highest BCUT2D eigenvalue weighted by Crippen LogP contribution is 2.31. The second kappa shape index (κ2) is 6.37. The molecule has 0 aliphatic carbocycles. The number of carbonyl (C=O) groups is 2. The van der Waals surface area contributed by atoms with Crippen LogP contribution in [-0.2, 0) is 9.53 Å². The highest BCUT2D eigenvalue weighted by Gasteiger charge is 2.40. The zero-order valence-corrected chi connectivity index (χ0v) is 12.0. The number of imide groups is 1. The maximum absolute atomic E-state index is 12.3. The first-order valence-corrected chi connectivity index (χ1v) is 6.88. The van der Waals surface area contributed by atoms with Crippen LogP contribution in [0.3, 0.4) is 0 Å². The molecule has 0 radical (unpaired) electrons. The van der Waals surface area contributed by atoms with Gasteiger partial charge in [-0.2, -0.15) is 13.2 Å². The lowest BCUT2D eigenvalue weighted by molar-refractivity contribution is -0.147. The van der Waals surface area contributed by atoms with E-state index < -0.39 is 36.6 Å². The number of hydrogen-bond acceptors (Lipinski definition) is 3. The third kappa shape index (κ3) is 3.99. The highest BCUT2D eigenvalue weighted by molar-refractivity contribution is 5.93. The van der Waals surface area contributed by atoms with Crippen molar-refractivity contribution in [3.8, 4) is 0 Å². The monoisotopic (exact) mass is 315 g/mol. The Morgan fingerprint density at radius 3 is 2.59 bits per heavy atom. The lowest BCUT2D eigenvalue weighted by Crippen LogP contribution is -2.35. The highest BCUT2D eigenvalue weighted by atomic mass is 19.4. The van der Waals surface area contributed by atoms with Crippen LogP contribution in [0.2, 0.25) is 0 Å². The average Bonchev–Trinajstić information content (AvgIpc) is 2.79. The van der Waals surface area contributed by atoms with Crippen LogP contribution in [0.15, 0.2) is 30.3 Å². The van der Waals surface area contributed by atoms with Gasteiger partial charge >= 0.3 is 12.3 Å². The van der Waals surface area contributed by atoms with Gasteiger partial charge in [-0.1, -0.05) is 37.3 Å². The van der Waals surface area contributed by atoms with Gasteiger partial charge in [-0.3, -0.25) is 4.79 Å². The summed E-state index contributed by atoms with van der Waals surface area (Å²) < 4.78 is 41.9. The topological polar surface area (TPSA) is 46.6 Å². The maximum atomic E-state index is 12.3. The fraction of sp³-hybridized carbons (Fsp3) is 0.467. The van der Waals surface area contributed by atoms with E-state index in [1.807, 2.05) is 0 Å². The molecule has 0 saturated carbocycles. The van der Waals surface area contributed by atoms with Gasteiger partial charge in [0.2, 0.25) is 5.91 Å². The summed E-state index contributed by atoms with van der Waals surface area (Å²) in [6.07, 6.45) is -6.54. The van der Waals surface area contributed by atoms with Crippen molar-refractivity contribution in [3.63, 3.8) is 0 Å². The number of ether oxygens (including phenoxy) is 1. The van der Waals surface area contributed by atoms with E-state index in [0.717, 1.165) is 4.90 Å². The Labute approximate surface area is 125 Å². The summed E-state index contributed by atoms with van der Waals surface area (Å²) in [5.41, 5.74) is 0.713. The Morgan fingerprint density at radius 1 is 1.36 bits per heavy atom. The van der Waals surface area contributed by atoms with Crippen LogP contribution in [0.5, 0.6) is 0 Å². The van der Waals surface area contributed by atoms with Crippen molar-refractivity contribution in [2.45, 2.75) is 32.0 Å².